The number of rotatable bonds is 8. The zero-order valence-corrected chi connectivity index (χ0v) is 11.6. The average Bonchev–Trinajstić information content (AvgIpc) is 2.38. The van der Waals surface area contributed by atoms with Gasteiger partial charge in [0.1, 0.15) is 12.0 Å². The molecule has 8 nitrogen and oxygen atoms in total. The fraction of sp³-hybridized carbons (Fsp3) is 0.364. The third-order valence-corrected chi connectivity index (χ3v) is 3.88. The summed E-state index contributed by atoms with van der Waals surface area (Å²) >= 11 is 0. The molecule has 0 radical (unpaired) electrons. The van der Waals surface area contributed by atoms with Crippen molar-refractivity contribution < 1.29 is 18.1 Å². The van der Waals surface area contributed by atoms with E-state index in [0.717, 1.165) is 6.07 Å². The molecule has 9 heteroatoms. The van der Waals surface area contributed by atoms with Crippen LogP contribution in [0.3, 0.4) is 0 Å². The first-order valence-electron chi connectivity index (χ1n) is 5.84. The van der Waals surface area contributed by atoms with Gasteiger partial charge in [-0.1, -0.05) is 6.92 Å². The lowest BCUT2D eigenvalue weighted by Gasteiger charge is -2.08. The second-order valence-electron chi connectivity index (χ2n) is 3.90. The summed E-state index contributed by atoms with van der Waals surface area (Å²) in [6.45, 7) is 1.97. The first kappa shape index (κ1) is 16.1. The second-order valence-corrected chi connectivity index (χ2v) is 5.82. The summed E-state index contributed by atoms with van der Waals surface area (Å²) in [6.07, 6.45) is 0.506. The van der Waals surface area contributed by atoms with Crippen LogP contribution in [0.1, 0.15) is 17.3 Å². The van der Waals surface area contributed by atoms with Crippen molar-refractivity contribution in [2.24, 2.45) is 0 Å². The standard InChI is InChI=1S/C11H15N3O5S/c1-2-13-20(18,19)6-5-12-10-4-3-9(8-15)7-11(10)14(16)17/h3-4,7-8,12-13H,2,5-6H2,1H3. The first-order valence-corrected chi connectivity index (χ1v) is 7.49. The molecule has 0 aliphatic rings. The highest BCUT2D eigenvalue weighted by Gasteiger charge is 2.15. The summed E-state index contributed by atoms with van der Waals surface area (Å²) in [5.74, 6) is -0.201. The maximum Gasteiger partial charge on any atom is 0.293 e. The highest BCUT2D eigenvalue weighted by atomic mass is 32.2. The van der Waals surface area contributed by atoms with Crippen LogP contribution in [-0.4, -0.2) is 38.5 Å². The molecule has 0 fully saturated rings. The van der Waals surface area contributed by atoms with E-state index in [0.29, 0.717) is 6.29 Å². The summed E-state index contributed by atoms with van der Waals surface area (Å²) in [6, 6.07) is 3.93. The van der Waals surface area contributed by atoms with Crippen molar-refractivity contribution in [3.8, 4) is 0 Å². The molecular formula is C11H15N3O5S. The first-order chi connectivity index (χ1) is 9.39. The molecule has 0 bridgehead atoms. The number of anilines is 1. The lowest BCUT2D eigenvalue weighted by Crippen LogP contribution is -2.29. The van der Waals surface area contributed by atoms with Crippen LogP contribution in [0.15, 0.2) is 18.2 Å². The van der Waals surface area contributed by atoms with Gasteiger partial charge in [-0.15, -0.1) is 0 Å². The topological polar surface area (TPSA) is 118 Å². The van der Waals surface area contributed by atoms with Gasteiger partial charge in [-0.2, -0.15) is 0 Å². The van der Waals surface area contributed by atoms with E-state index in [1.54, 1.807) is 6.92 Å². The second kappa shape index (κ2) is 6.96. The lowest BCUT2D eigenvalue weighted by molar-refractivity contribution is -0.384. The van der Waals surface area contributed by atoms with Gasteiger partial charge < -0.3 is 5.32 Å². The average molecular weight is 301 g/mol. The zero-order valence-electron chi connectivity index (χ0n) is 10.8. The van der Waals surface area contributed by atoms with Crippen molar-refractivity contribution in [2.45, 2.75) is 6.92 Å². The molecule has 0 aliphatic heterocycles. The number of carbonyl (C=O) groups is 1. The Bertz CT molecular complexity index is 600. The molecule has 0 amide bonds. The summed E-state index contributed by atoms with van der Waals surface area (Å²) in [5.41, 5.74) is 0.0882. The molecule has 1 rings (SSSR count). The minimum atomic E-state index is -3.39. The molecule has 1 aromatic carbocycles. The van der Waals surface area contributed by atoms with E-state index in [-0.39, 0.29) is 35.8 Å². The van der Waals surface area contributed by atoms with E-state index in [4.69, 9.17) is 0 Å². The van der Waals surface area contributed by atoms with E-state index < -0.39 is 14.9 Å². The number of carbonyl (C=O) groups excluding carboxylic acids is 1. The van der Waals surface area contributed by atoms with Crippen LogP contribution < -0.4 is 10.0 Å². The van der Waals surface area contributed by atoms with Crippen LogP contribution in [0.25, 0.3) is 0 Å². The molecular weight excluding hydrogens is 286 g/mol. The van der Waals surface area contributed by atoms with Crippen molar-refractivity contribution in [3.63, 3.8) is 0 Å². The van der Waals surface area contributed by atoms with Gasteiger partial charge >= 0.3 is 0 Å². The van der Waals surface area contributed by atoms with Crippen molar-refractivity contribution in [2.75, 3.05) is 24.2 Å². The van der Waals surface area contributed by atoms with Crippen LogP contribution in [0.2, 0.25) is 0 Å². The highest BCUT2D eigenvalue weighted by Crippen LogP contribution is 2.24. The monoisotopic (exact) mass is 301 g/mol. The molecule has 0 saturated carbocycles. The molecule has 2 N–H and O–H groups in total. The largest absolute Gasteiger partial charge is 0.378 e. The summed E-state index contributed by atoms with van der Waals surface area (Å²) in [7, 11) is -3.39. The van der Waals surface area contributed by atoms with Crippen LogP contribution >= 0.6 is 0 Å². The number of aldehydes is 1. The number of nitro groups is 1. The third kappa shape index (κ3) is 4.59. The normalized spacial score (nSPS) is 11.1. The lowest BCUT2D eigenvalue weighted by atomic mass is 10.2. The number of nitrogens with zero attached hydrogens (tertiary/aromatic N) is 1. The number of hydrogen-bond acceptors (Lipinski definition) is 6. The Hall–Kier alpha value is -2.00. The Morgan fingerprint density at radius 2 is 2.10 bits per heavy atom. The molecule has 0 aromatic heterocycles. The van der Waals surface area contributed by atoms with E-state index in [1.165, 1.54) is 12.1 Å². The van der Waals surface area contributed by atoms with E-state index in [9.17, 15) is 23.3 Å². The third-order valence-electron chi connectivity index (χ3n) is 2.41. The van der Waals surface area contributed by atoms with Gasteiger partial charge in [-0.3, -0.25) is 14.9 Å². The molecule has 0 spiro atoms. The van der Waals surface area contributed by atoms with E-state index in [1.807, 2.05) is 0 Å². The molecule has 0 saturated heterocycles. The zero-order chi connectivity index (χ0) is 15.2. The van der Waals surface area contributed by atoms with Crippen molar-refractivity contribution in [3.05, 3.63) is 33.9 Å². The molecule has 1 aromatic rings. The SMILES string of the molecule is CCNS(=O)(=O)CCNc1ccc(C=O)cc1[N+](=O)[O-]. The van der Waals surface area contributed by atoms with Crippen molar-refractivity contribution >= 4 is 27.7 Å². The van der Waals surface area contributed by atoms with Crippen LogP contribution in [-0.2, 0) is 10.0 Å². The molecule has 0 atom stereocenters. The Morgan fingerprint density at radius 3 is 2.65 bits per heavy atom. The van der Waals surface area contributed by atoms with Gasteiger partial charge in [-0.25, -0.2) is 13.1 Å². The predicted octanol–water partition coefficient (Wildman–Crippen LogP) is 0.758. The van der Waals surface area contributed by atoms with Gasteiger partial charge in [0, 0.05) is 24.7 Å². The van der Waals surface area contributed by atoms with E-state index >= 15 is 0 Å². The van der Waals surface area contributed by atoms with Gasteiger partial charge in [0.2, 0.25) is 10.0 Å². The van der Waals surface area contributed by atoms with Crippen molar-refractivity contribution in [1.82, 2.24) is 4.72 Å². The molecule has 0 unspecified atom stereocenters. The van der Waals surface area contributed by atoms with Crippen LogP contribution in [0, 0.1) is 10.1 Å². The Morgan fingerprint density at radius 1 is 1.40 bits per heavy atom. The maximum atomic E-state index is 11.4. The number of hydrogen-bond donors (Lipinski definition) is 2. The minimum Gasteiger partial charge on any atom is -0.378 e. The summed E-state index contributed by atoms with van der Waals surface area (Å²) in [5, 5.41) is 13.6. The van der Waals surface area contributed by atoms with Gasteiger partial charge in [0.15, 0.2) is 0 Å². The number of nitro benzene ring substituents is 1. The predicted molar refractivity (Wildman–Crippen MR) is 74.4 cm³/mol. The molecule has 0 aliphatic carbocycles. The number of sulfonamides is 1. The van der Waals surface area contributed by atoms with Crippen LogP contribution in [0.5, 0.6) is 0 Å². The summed E-state index contributed by atoms with van der Waals surface area (Å²) < 4.78 is 25.1. The molecule has 0 heterocycles. The quantitative estimate of drug-likeness (QED) is 0.415. The smallest absolute Gasteiger partial charge is 0.293 e. The minimum absolute atomic E-state index is 0.0244. The molecule has 110 valence electrons. The van der Waals surface area contributed by atoms with Crippen LogP contribution in [0.4, 0.5) is 11.4 Å². The fourth-order valence-corrected chi connectivity index (χ4v) is 2.49. The Labute approximate surface area is 116 Å². The van der Waals surface area contributed by atoms with E-state index in [2.05, 4.69) is 10.0 Å². The number of benzene rings is 1. The summed E-state index contributed by atoms with van der Waals surface area (Å²) in [4.78, 5) is 20.8. The Balaban J connectivity index is 2.78. The number of nitrogens with one attached hydrogen (secondary N) is 2. The van der Waals surface area contributed by atoms with Gasteiger partial charge in [0.25, 0.3) is 5.69 Å². The fourth-order valence-electron chi connectivity index (χ4n) is 1.53. The maximum absolute atomic E-state index is 11.4. The Kier molecular flexibility index (Phi) is 5.59. The van der Waals surface area contributed by atoms with Gasteiger partial charge in [0.05, 0.1) is 10.7 Å². The highest BCUT2D eigenvalue weighted by molar-refractivity contribution is 7.89. The van der Waals surface area contributed by atoms with Crippen molar-refractivity contribution in [1.29, 1.82) is 0 Å². The van der Waals surface area contributed by atoms with Gasteiger partial charge in [-0.05, 0) is 12.1 Å². The molecule has 20 heavy (non-hydrogen) atoms.